The van der Waals surface area contributed by atoms with Crippen LogP contribution < -0.4 is 5.32 Å². The lowest BCUT2D eigenvalue weighted by Gasteiger charge is -2.43. The van der Waals surface area contributed by atoms with Gasteiger partial charge in [0.05, 0.1) is 0 Å². The number of piperazine rings is 1. The molecule has 3 nitrogen and oxygen atoms in total. The predicted molar refractivity (Wildman–Crippen MR) is 62.0 cm³/mol. The molecular weight excluding hydrogens is 186 g/mol. The first-order chi connectivity index (χ1) is 7.42. The Labute approximate surface area is 92.8 Å². The molecule has 0 atom stereocenters. The molecule has 15 heavy (non-hydrogen) atoms. The van der Waals surface area contributed by atoms with Crippen LogP contribution in [-0.4, -0.2) is 61.7 Å². The van der Waals surface area contributed by atoms with Crippen molar-refractivity contribution in [3.63, 3.8) is 0 Å². The van der Waals surface area contributed by atoms with Crippen LogP contribution >= 0.6 is 0 Å². The normalized spacial score (nSPS) is 30.4. The smallest absolute Gasteiger partial charge is 0.0346 e. The summed E-state index contributed by atoms with van der Waals surface area (Å²) in [4.78, 5) is 5.34. The van der Waals surface area contributed by atoms with Crippen molar-refractivity contribution in [2.24, 2.45) is 5.92 Å². The topological polar surface area (TPSA) is 18.5 Å². The van der Waals surface area contributed by atoms with Gasteiger partial charge in [-0.15, -0.1) is 0 Å². The van der Waals surface area contributed by atoms with E-state index in [4.69, 9.17) is 0 Å². The van der Waals surface area contributed by atoms with Crippen molar-refractivity contribution in [1.29, 1.82) is 0 Å². The highest BCUT2D eigenvalue weighted by atomic mass is 15.3. The summed E-state index contributed by atoms with van der Waals surface area (Å²) in [5, 5.41) is 3.36. The fourth-order valence-corrected chi connectivity index (χ4v) is 2.66. The SMILES string of the molecule is C1CC1CCN1CCN(C2CNC2)CC1. The highest BCUT2D eigenvalue weighted by molar-refractivity contribution is 4.87. The molecular formula is C12H23N3. The van der Waals surface area contributed by atoms with Crippen LogP contribution in [0.15, 0.2) is 0 Å². The molecule has 1 aliphatic carbocycles. The molecule has 0 aromatic heterocycles. The molecule has 0 amide bonds. The lowest BCUT2D eigenvalue weighted by molar-refractivity contribution is 0.0717. The first-order valence-corrected chi connectivity index (χ1v) is 6.59. The minimum atomic E-state index is 0.857. The fraction of sp³-hybridized carbons (Fsp3) is 1.00. The molecule has 0 aromatic carbocycles. The molecule has 0 unspecified atom stereocenters. The summed E-state index contributed by atoms with van der Waals surface area (Å²) in [7, 11) is 0. The molecule has 1 N–H and O–H groups in total. The second kappa shape index (κ2) is 4.40. The Kier molecular flexibility index (Phi) is 2.95. The van der Waals surface area contributed by atoms with Crippen molar-refractivity contribution in [2.45, 2.75) is 25.3 Å². The van der Waals surface area contributed by atoms with Gasteiger partial charge in [-0.1, -0.05) is 12.8 Å². The van der Waals surface area contributed by atoms with Gasteiger partial charge in [0.15, 0.2) is 0 Å². The van der Waals surface area contributed by atoms with E-state index in [9.17, 15) is 0 Å². The highest BCUT2D eigenvalue weighted by Gasteiger charge is 2.28. The van der Waals surface area contributed by atoms with E-state index in [1.807, 2.05) is 0 Å². The van der Waals surface area contributed by atoms with Gasteiger partial charge >= 0.3 is 0 Å². The Morgan fingerprint density at radius 1 is 1.00 bits per heavy atom. The van der Waals surface area contributed by atoms with Crippen molar-refractivity contribution < 1.29 is 0 Å². The van der Waals surface area contributed by atoms with Crippen LogP contribution in [0.3, 0.4) is 0 Å². The van der Waals surface area contributed by atoms with E-state index in [1.54, 1.807) is 0 Å². The van der Waals surface area contributed by atoms with Crippen LogP contribution in [0, 0.1) is 5.92 Å². The van der Waals surface area contributed by atoms with Crippen LogP contribution in [-0.2, 0) is 0 Å². The Morgan fingerprint density at radius 3 is 2.27 bits per heavy atom. The van der Waals surface area contributed by atoms with E-state index in [2.05, 4.69) is 15.1 Å². The van der Waals surface area contributed by atoms with Gasteiger partial charge in [-0.25, -0.2) is 0 Å². The molecule has 0 spiro atoms. The second-order valence-electron chi connectivity index (χ2n) is 5.42. The van der Waals surface area contributed by atoms with Gasteiger partial charge in [-0.05, 0) is 18.9 Å². The summed E-state index contributed by atoms with van der Waals surface area (Å²) in [6.07, 6.45) is 4.48. The van der Waals surface area contributed by atoms with Crippen molar-refractivity contribution in [1.82, 2.24) is 15.1 Å². The van der Waals surface area contributed by atoms with E-state index in [-0.39, 0.29) is 0 Å². The Morgan fingerprint density at radius 2 is 1.73 bits per heavy atom. The lowest BCUT2D eigenvalue weighted by Crippen LogP contribution is -2.61. The van der Waals surface area contributed by atoms with Crippen molar-refractivity contribution >= 4 is 0 Å². The zero-order valence-corrected chi connectivity index (χ0v) is 9.62. The zero-order valence-electron chi connectivity index (χ0n) is 9.62. The molecule has 2 aliphatic heterocycles. The largest absolute Gasteiger partial charge is 0.314 e. The number of hydrogen-bond donors (Lipinski definition) is 1. The predicted octanol–water partition coefficient (Wildman–Crippen LogP) is 0.376. The number of nitrogens with zero attached hydrogens (tertiary/aromatic N) is 2. The Balaban J connectivity index is 1.35. The molecule has 2 saturated heterocycles. The number of hydrogen-bond acceptors (Lipinski definition) is 3. The summed E-state index contributed by atoms with van der Waals surface area (Å²) >= 11 is 0. The Hall–Kier alpha value is -0.120. The van der Waals surface area contributed by atoms with Gasteiger partial charge in [-0.3, -0.25) is 4.90 Å². The van der Waals surface area contributed by atoms with Crippen LogP contribution in [0.5, 0.6) is 0 Å². The second-order valence-corrected chi connectivity index (χ2v) is 5.42. The third-order valence-electron chi connectivity index (χ3n) is 4.23. The van der Waals surface area contributed by atoms with Gasteiger partial charge < -0.3 is 10.2 Å². The molecule has 0 radical (unpaired) electrons. The first kappa shape index (κ1) is 10.1. The van der Waals surface area contributed by atoms with E-state index < -0.39 is 0 Å². The third kappa shape index (κ3) is 2.52. The van der Waals surface area contributed by atoms with E-state index >= 15 is 0 Å². The molecule has 3 fully saturated rings. The molecule has 0 aromatic rings. The van der Waals surface area contributed by atoms with Crippen molar-refractivity contribution in [3.8, 4) is 0 Å². The quantitative estimate of drug-likeness (QED) is 0.722. The molecule has 3 heteroatoms. The van der Waals surface area contributed by atoms with E-state index in [1.165, 1.54) is 65.1 Å². The summed E-state index contributed by atoms with van der Waals surface area (Å²) < 4.78 is 0. The van der Waals surface area contributed by atoms with Gasteiger partial charge in [-0.2, -0.15) is 0 Å². The maximum atomic E-state index is 3.36. The van der Waals surface area contributed by atoms with Crippen LogP contribution in [0.25, 0.3) is 0 Å². The minimum Gasteiger partial charge on any atom is -0.314 e. The van der Waals surface area contributed by atoms with Crippen LogP contribution in [0.2, 0.25) is 0 Å². The summed E-state index contributed by atoms with van der Waals surface area (Å²) in [6, 6.07) is 0.857. The zero-order chi connectivity index (χ0) is 10.1. The Bertz CT molecular complexity index is 203. The fourth-order valence-electron chi connectivity index (χ4n) is 2.66. The standard InChI is InChI=1S/C12H23N3/c1-2-11(1)3-4-14-5-7-15(8-6-14)12-9-13-10-12/h11-13H,1-10H2. The molecule has 2 heterocycles. The monoisotopic (exact) mass is 209 g/mol. The van der Waals surface area contributed by atoms with Crippen LogP contribution in [0.4, 0.5) is 0 Å². The summed E-state index contributed by atoms with van der Waals surface area (Å²) in [5.74, 6) is 1.10. The lowest BCUT2D eigenvalue weighted by atomic mass is 10.1. The van der Waals surface area contributed by atoms with Crippen LogP contribution in [0.1, 0.15) is 19.3 Å². The number of rotatable bonds is 4. The van der Waals surface area contributed by atoms with E-state index in [0.29, 0.717) is 0 Å². The van der Waals surface area contributed by atoms with Crippen molar-refractivity contribution in [2.75, 3.05) is 45.8 Å². The average molecular weight is 209 g/mol. The van der Waals surface area contributed by atoms with E-state index in [0.717, 1.165) is 12.0 Å². The third-order valence-corrected chi connectivity index (χ3v) is 4.23. The molecule has 3 aliphatic rings. The first-order valence-electron chi connectivity index (χ1n) is 6.59. The minimum absolute atomic E-state index is 0.857. The van der Waals surface area contributed by atoms with Gasteiger partial charge in [0.25, 0.3) is 0 Å². The van der Waals surface area contributed by atoms with Crippen molar-refractivity contribution in [3.05, 3.63) is 0 Å². The molecule has 86 valence electrons. The molecule has 3 rings (SSSR count). The average Bonchev–Trinajstić information content (AvgIpc) is 2.98. The summed E-state index contributed by atoms with van der Waals surface area (Å²) in [5.41, 5.74) is 0. The van der Waals surface area contributed by atoms with Gasteiger partial charge in [0, 0.05) is 45.3 Å². The number of nitrogens with one attached hydrogen (secondary N) is 1. The molecule has 0 bridgehead atoms. The van der Waals surface area contributed by atoms with Gasteiger partial charge in [0.1, 0.15) is 0 Å². The summed E-state index contributed by atoms with van der Waals surface area (Å²) in [6.45, 7) is 9.03. The highest BCUT2D eigenvalue weighted by Crippen LogP contribution is 2.32. The van der Waals surface area contributed by atoms with Gasteiger partial charge in [0.2, 0.25) is 0 Å². The maximum Gasteiger partial charge on any atom is 0.0346 e. The maximum absolute atomic E-state index is 3.36. The molecule has 1 saturated carbocycles.